The van der Waals surface area contributed by atoms with Crippen LogP contribution in [0.3, 0.4) is 0 Å². The number of carboxylic acid groups (broad SMARTS) is 1. The third kappa shape index (κ3) is 4.57. The van der Waals surface area contributed by atoms with Crippen LogP contribution >= 0.6 is 0 Å². The van der Waals surface area contributed by atoms with Crippen LogP contribution < -0.4 is 10.6 Å². The predicted molar refractivity (Wildman–Crippen MR) is 102 cm³/mol. The number of rotatable bonds is 7. The maximum atomic E-state index is 10.8. The number of nitrogens with zero attached hydrogens (tertiary/aromatic N) is 2. The number of anilines is 2. The van der Waals surface area contributed by atoms with E-state index in [1.807, 2.05) is 48.5 Å². The Kier molecular flexibility index (Phi) is 5.43. The molecule has 0 unspecified atom stereocenters. The fourth-order valence-electron chi connectivity index (χ4n) is 2.52. The maximum Gasteiger partial charge on any atom is 0.322 e. The summed E-state index contributed by atoms with van der Waals surface area (Å²) in [4.78, 5) is 19.6. The molecule has 1 heterocycles. The van der Waals surface area contributed by atoms with Gasteiger partial charge in [0.05, 0.1) is 5.69 Å². The summed E-state index contributed by atoms with van der Waals surface area (Å²) in [7, 11) is 0. The Bertz CT molecular complexity index is 897. The highest BCUT2D eigenvalue weighted by Crippen LogP contribution is 2.22. The molecule has 3 rings (SSSR count). The molecule has 132 valence electrons. The summed E-state index contributed by atoms with van der Waals surface area (Å²) in [6.45, 7) is 2.44. The summed E-state index contributed by atoms with van der Waals surface area (Å²) in [6.07, 6.45) is 0. The van der Waals surface area contributed by atoms with Crippen LogP contribution in [0, 0.1) is 6.92 Å². The van der Waals surface area contributed by atoms with Crippen molar-refractivity contribution in [2.45, 2.75) is 13.5 Å². The van der Waals surface area contributed by atoms with Crippen LogP contribution in [0.1, 0.15) is 11.1 Å². The van der Waals surface area contributed by atoms with E-state index >= 15 is 0 Å². The lowest BCUT2D eigenvalue weighted by Gasteiger charge is -2.12. The van der Waals surface area contributed by atoms with E-state index < -0.39 is 5.97 Å². The van der Waals surface area contributed by atoms with E-state index in [4.69, 9.17) is 5.11 Å². The van der Waals surface area contributed by atoms with Gasteiger partial charge in [-0.05, 0) is 18.1 Å². The molecule has 0 bridgehead atoms. The van der Waals surface area contributed by atoms with E-state index in [2.05, 4.69) is 39.7 Å². The highest BCUT2D eigenvalue weighted by molar-refractivity contribution is 5.72. The van der Waals surface area contributed by atoms with E-state index in [0.29, 0.717) is 12.4 Å². The molecule has 0 spiro atoms. The van der Waals surface area contributed by atoms with Crippen LogP contribution in [0.5, 0.6) is 0 Å². The van der Waals surface area contributed by atoms with Crippen LogP contribution in [0.25, 0.3) is 11.3 Å². The maximum absolute atomic E-state index is 10.8. The first kappa shape index (κ1) is 17.4. The number of nitrogens with one attached hydrogen (secondary N) is 2. The third-order valence-corrected chi connectivity index (χ3v) is 3.91. The van der Waals surface area contributed by atoms with Crippen molar-refractivity contribution < 1.29 is 9.90 Å². The van der Waals surface area contributed by atoms with Crippen molar-refractivity contribution in [2.24, 2.45) is 0 Å². The van der Waals surface area contributed by atoms with E-state index in [9.17, 15) is 4.79 Å². The van der Waals surface area contributed by atoms with Gasteiger partial charge in [-0.1, -0.05) is 54.6 Å². The third-order valence-electron chi connectivity index (χ3n) is 3.91. The second kappa shape index (κ2) is 8.11. The van der Waals surface area contributed by atoms with Gasteiger partial charge in [0.15, 0.2) is 0 Å². The quantitative estimate of drug-likeness (QED) is 0.605. The van der Waals surface area contributed by atoms with Crippen LogP contribution in [-0.2, 0) is 11.3 Å². The summed E-state index contributed by atoms with van der Waals surface area (Å²) in [6, 6.07) is 19.7. The molecule has 6 nitrogen and oxygen atoms in total. The average molecular weight is 348 g/mol. The molecule has 1 aromatic heterocycles. The molecule has 3 aromatic rings. The number of benzene rings is 2. The van der Waals surface area contributed by atoms with Crippen LogP contribution in [0.15, 0.2) is 60.7 Å². The van der Waals surface area contributed by atoms with Crippen molar-refractivity contribution in [3.8, 4) is 11.3 Å². The smallest absolute Gasteiger partial charge is 0.322 e. The van der Waals surface area contributed by atoms with Gasteiger partial charge in [-0.25, -0.2) is 4.98 Å². The average Bonchev–Trinajstić information content (AvgIpc) is 2.66. The number of hydrogen-bond acceptors (Lipinski definition) is 5. The normalized spacial score (nSPS) is 10.3. The summed E-state index contributed by atoms with van der Waals surface area (Å²) < 4.78 is 0. The van der Waals surface area contributed by atoms with Gasteiger partial charge in [-0.15, -0.1) is 0 Å². The first-order valence-electron chi connectivity index (χ1n) is 8.30. The number of aromatic nitrogens is 2. The Labute approximate surface area is 152 Å². The number of aliphatic carboxylic acids is 1. The van der Waals surface area contributed by atoms with Gasteiger partial charge in [0.2, 0.25) is 5.95 Å². The highest BCUT2D eigenvalue weighted by atomic mass is 16.4. The molecule has 2 aromatic carbocycles. The van der Waals surface area contributed by atoms with Crippen LogP contribution in [0.4, 0.5) is 11.8 Å². The van der Waals surface area contributed by atoms with Crippen molar-refractivity contribution in [3.05, 3.63) is 71.8 Å². The van der Waals surface area contributed by atoms with Crippen molar-refractivity contribution in [1.82, 2.24) is 9.97 Å². The summed E-state index contributed by atoms with van der Waals surface area (Å²) >= 11 is 0. The lowest BCUT2D eigenvalue weighted by atomic mass is 10.1. The van der Waals surface area contributed by atoms with E-state index in [1.54, 1.807) is 0 Å². The largest absolute Gasteiger partial charge is 0.480 e. The zero-order valence-electron chi connectivity index (χ0n) is 14.4. The molecule has 0 radical (unpaired) electrons. The molecule has 26 heavy (non-hydrogen) atoms. The summed E-state index contributed by atoms with van der Waals surface area (Å²) in [5, 5.41) is 14.9. The standard InChI is InChI=1S/C20H20N4O2/c1-14-7-5-6-10-16(14)12-21-18-11-17(15-8-3-2-4-9-15)23-20(24-18)22-13-19(25)26/h2-11H,12-13H2,1H3,(H,25,26)(H2,21,22,23,24). The molecule has 0 atom stereocenters. The number of carbonyl (C=O) groups is 1. The fraction of sp³-hybridized carbons (Fsp3) is 0.150. The summed E-state index contributed by atoms with van der Waals surface area (Å²) in [5.41, 5.74) is 4.03. The first-order valence-corrected chi connectivity index (χ1v) is 8.30. The van der Waals surface area contributed by atoms with Crippen LogP contribution in [-0.4, -0.2) is 27.6 Å². The minimum absolute atomic E-state index is 0.241. The molecular weight excluding hydrogens is 328 g/mol. The van der Waals surface area contributed by atoms with Gasteiger partial charge < -0.3 is 15.7 Å². The molecule has 0 amide bonds. The van der Waals surface area contributed by atoms with Crippen molar-refractivity contribution in [3.63, 3.8) is 0 Å². The lowest BCUT2D eigenvalue weighted by molar-refractivity contribution is -0.134. The Morgan fingerprint density at radius 1 is 1.00 bits per heavy atom. The zero-order chi connectivity index (χ0) is 18.4. The highest BCUT2D eigenvalue weighted by Gasteiger charge is 2.08. The van der Waals surface area contributed by atoms with E-state index in [0.717, 1.165) is 11.3 Å². The molecule has 3 N–H and O–H groups in total. The lowest BCUT2D eigenvalue weighted by Crippen LogP contribution is -2.15. The predicted octanol–water partition coefficient (Wildman–Crippen LogP) is 3.56. The number of aryl methyl sites for hydroxylation is 1. The van der Waals surface area contributed by atoms with Gasteiger partial charge in [-0.2, -0.15) is 4.98 Å². The van der Waals surface area contributed by atoms with Crippen LogP contribution in [0.2, 0.25) is 0 Å². The zero-order valence-corrected chi connectivity index (χ0v) is 14.4. The minimum atomic E-state index is -0.965. The SMILES string of the molecule is Cc1ccccc1CNc1cc(-c2ccccc2)nc(NCC(=O)O)n1. The Hall–Kier alpha value is -3.41. The van der Waals surface area contributed by atoms with Gasteiger partial charge in [-0.3, -0.25) is 4.79 Å². The molecule has 0 aliphatic heterocycles. The molecule has 0 aliphatic carbocycles. The second-order valence-corrected chi connectivity index (χ2v) is 5.86. The Morgan fingerprint density at radius 2 is 1.73 bits per heavy atom. The number of hydrogen-bond donors (Lipinski definition) is 3. The minimum Gasteiger partial charge on any atom is -0.480 e. The van der Waals surface area contributed by atoms with E-state index in [-0.39, 0.29) is 12.5 Å². The van der Waals surface area contributed by atoms with E-state index in [1.165, 1.54) is 11.1 Å². The monoisotopic (exact) mass is 348 g/mol. The summed E-state index contributed by atoms with van der Waals surface area (Å²) in [5.74, 6) is -0.0517. The Morgan fingerprint density at radius 3 is 2.46 bits per heavy atom. The van der Waals surface area contributed by atoms with Gasteiger partial charge >= 0.3 is 5.97 Å². The van der Waals surface area contributed by atoms with Crippen molar-refractivity contribution in [1.29, 1.82) is 0 Å². The van der Waals surface area contributed by atoms with Gasteiger partial charge in [0.25, 0.3) is 0 Å². The van der Waals surface area contributed by atoms with Crippen molar-refractivity contribution in [2.75, 3.05) is 17.2 Å². The topological polar surface area (TPSA) is 87.1 Å². The van der Waals surface area contributed by atoms with Gasteiger partial charge in [0, 0.05) is 18.2 Å². The van der Waals surface area contributed by atoms with Gasteiger partial charge in [0.1, 0.15) is 12.4 Å². The second-order valence-electron chi connectivity index (χ2n) is 5.86. The van der Waals surface area contributed by atoms with Crippen molar-refractivity contribution >= 4 is 17.7 Å². The Balaban J connectivity index is 1.86. The molecule has 6 heteroatoms. The molecule has 0 saturated carbocycles. The molecule has 0 saturated heterocycles. The first-order chi connectivity index (χ1) is 12.6. The fourth-order valence-corrected chi connectivity index (χ4v) is 2.52. The number of carboxylic acids is 1. The molecular formula is C20H20N4O2. The molecule has 0 aliphatic rings. The molecule has 0 fully saturated rings.